The van der Waals surface area contributed by atoms with Gasteiger partial charge >= 0.3 is 0 Å². The van der Waals surface area contributed by atoms with Gasteiger partial charge in [-0.25, -0.2) is 4.39 Å². The Labute approximate surface area is 132 Å². The second-order valence-corrected chi connectivity index (χ2v) is 5.26. The highest BCUT2D eigenvalue weighted by molar-refractivity contribution is 9.10. The number of hydrogen-bond acceptors (Lipinski definition) is 3. The molecule has 0 spiro atoms. The number of carbonyl (C=O) groups is 1. The van der Waals surface area contributed by atoms with Crippen LogP contribution in [0.1, 0.15) is 10.4 Å². The number of anilines is 1. The summed E-state index contributed by atoms with van der Waals surface area (Å²) in [7, 11) is 0. The molecule has 21 heavy (non-hydrogen) atoms. The molecule has 0 unspecified atom stereocenters. The Bertz CT molecular complexity index is 739. The Hall–Kier alpha value is -1.99. The fourth-order valence-corrected chi connectivity index (χ4v) is 2.28. The van der Waals surface area contributed by atoms with E-state index in [-0.39, 0.29) is 22.0 Å². The van der Waals surface area contributed by atoms with Gasteiger partial charge in [-0.2, -0.15) is 0 Å². The van der Waals surface area contributed by atoms with Crippen molar-refractivity contribution in [1.29, 1.82) is 0 Å². The highest BCUT2D eigenvalue weighted by atomic mass is 79.9. The van der Waals surface area contributed by atoms with Crippen LogP contribution in [0.25, 0.3) is 0 Å². The Morgan fingerprint density at radius 3 is 2.62 bits per heavy atom. The minimum Gasteiger partial charge on any atom is -0.322 e. The molecule has 2 aromatic carbocycles. The second kappa shape index (κ2) is 6.19. The van der Waals surface area contributed by atoms with Crippen molar-refractivity contribution in [1.82, 2.24) is 0 Å². The third-order valence-corrected chi connectivity index (χ3v) is 3.57. The fourth-order valence-electron chi connectivity index (χ4n) is 1.60. The SMILES string of the molecule is O=C(Nc1ccc([N+](=O)[O-])c(Cl)c1)c1cc(F)ccc1Br. The molecule has 0 aliphatic carbocycles. The molecule has 0 aliphatic rings. The number of halogens is 3. The zero-order chi connectivity index (χ0) is 15.6. The predicted octanol–water partition coefficient (Wildman–Crippen LogP) is 4.40. The average molecular weight is 374 g/mol. The summed E-state index contributed by atoms with van der Waals surface area (Å²) in [6, 6.07) is 7.47. The van der Waals surface area contributed by atoms with Crippen molar-refractivity contribution in [3.05, 3.63) is 67.4 Å². The van der Waals surface area contributed by atoms with Gasteiger partial charge in [-0.3, -0.25) is 14.9 Å². The summed E-state index contributed by atoms with van der Waals surface area (Å²) in [4.78, 5) is 22.0. The third-order valence-electron chi connectivity index (χ3n) is 2.58. The number of rotatable bonds is 3. The van der Waals surface area contributed by atoms with Crippen LogP contribution in [0.2, 0.25) is 5.02 Å². The topological polar surface area (TPSA) is 72.2 Å². The van der Waals surface area contributed by atoms with Gasteiger partial charge in [0.05, 0.1) is 10.5 Å². The number of amides is 1. The lowest BCUT2D eigenvalue weighted by atomic mass is 10.2. The monoisotopic (exact) mass is 372 g/mol. The Balaban J connectivity index is 2.26. The van der Waals surface area contributed by atoms with E-state index in [4.69, 9.17) is 11.6 Å². The Kier molecular flexibility index (Phi) is 4.54. The van der Waals surface area contributed by atoms with E-state index in [0.29, 0.717) is 4.47 Å². The van der Waals surface area contributed by atoms with Crippen LogP contribution in [-0.4, -0.2) is 10.8 Å². The molecular weight excluding hydrogens is 367 g/mol. The maximum atomic E-state index is 13.2. The van der Waals surface area contributed by atoms with Gasteiger partial charge in [0.25, 0.3) is 11.6 Å². The molecule has 0 fully saturated rings. The first-order chi connectivity index (χ1) is 9.88. The van der Waals surface area contributed by atoms with Crippen molar-refractivity contribution in [3.63, 3.8) is 0 Å². The molecular formula is C13H7BrClFN2O3. The molecule has 0 radical (unpaired) electrons. The van der Waals surface area contributed by atoms with Crippen LogP contribution >= 0.6 is 27.5 Å². The standard InChI is InChI=1S/C13H7BrClFN2O3/c14-10-3-1-7(16)5-9(10)13(19)17-8-2-4-12(18(20)21)11(15)6-8/h1-6H,(H,17,19). The summed E-state index contributed by atoms with van der Waals surface area (Å²) in [5, 5.41) is 13.0. The fraction of sp³-hybridized carbons (Fsp3) is 0. The first-order valence-electron chi connectivity index (χ1n) is 5.59. The first kappa shape index (κ1) is 15.4. The largest absolute Gasteiger partial charge is 0.322 e. The summed E-state index contributed by atoms with van der Waals surface area (Å²) >= 11 is 8.89. The molecule has 1 amide bonds. The van der Waals surface area contributed by atoms with E-state index in [1.165, 1.54) is 30.3 Å². The number of nitro benzene ring substituents is 1. The van der Waals surface area contributed by atoms with Crippen molar-refractivity contribution >= 4 is 44.8 Å². The van der Waals surface area contributed by atoms with Crippen LogP contribution in [-0.2, 0) is 0 Å². The van der Waals surface area contributed by atoms with Gasteiger partial charge in [-0.05, 0) is 46.3 Å². The second-order valence-electron chi connectivity index (χ2n) is 4.00. The molecule has 0 aromatic heterocycles. The number of nitro groups is 1. The molecule has 0 atom stereocenters. The van der Waals surface area contributed by atoms with Gasteiger partial charge in [0.15, 0.2) is 0 Å². The zero-order valence-electron chi connectivity index (χ0n) is 10.3. The molecule has 0 saturated carbocycles. The van der Waals surface area contributed by atoms with E-state index < -0.39 is 16.6 Å². The summed E-state index contributed by atoms with van der Waals surface area (Å²) in [5.41, 5.74) is 0.109. The van der Waals surface area contributed by atoms with E-state index in [9.17, 15) is 19.3 Å². The van der Waals surface area contributed by atoms with Crippen molar-refractivity contribution in [2.75, 3.05) is 5.32 Å². The molecule has 1 N–H and O–H groups in total. The Morgan fingerprint density at radius 1 is 1.29 bits per heavy atom. The molecule has 0 bridgehead atoms. The highest BCUT2D eigenvalue weighted by Crippen LogP contribution is 2.28. The van der Waals surface area contributed by atoms with Crippen LogP contribution in [0.15, 0.2) is 40.9 Å². The molecule has 0 aliphatic heterocycles. The molecule has 0 saturated heterocycles. The van der Waals surface area contributed by atoms with Crippen LogP contribution in [0.5, 0.6) is 0 Å². The number of benzene rings is 2. The minimum atomic E-state index is -0.628. The van der Waals surface area contributed by atoms with E-state index in [2.05, 4.69) is 21.2 Å². The minimum absolute atomic E-state index is 0.101. The summed E-state index contributed by atoms with van der Waals surface area (Å²) in [5.74, 6) is -1.11. The summed E-state index contributed by atoms with van der Waals surface area (Å²) in [6.07, 6.45) is 0. The highest BCUT2D eigenvalue weighted by Gasteiger charge is 2.15. The van der Waals surface area contributed by atoms with E-state index in [1.807, 2.05) is 0 Å². The zero-order valence-corrected chi connectivity index (χ0v) is 12.6. The van der Waals surface area contributed by atoms with Crippen LogP contribution in [0.3, 0.4) is 0 Å². The molecule has 2 aromatic rings. The molecule has 0 heterocycles. The van der Waals surface area contributed by atoms with E-state index >= 15 is 0 Å². The van der Waals surface area contributed by atoms with Gasteiger partial charge < -0.3 is 5.32 Å². The van der Waals surface area contributed by atoms with Crippen molar-refractivity contribution < 1.29 is 14.1 Å². The number of nitrogens with zero attached hydrogens (tertiary/aromatic N) is 1. The molecule has 8 heteroatoms. The number of carbonyl (C=O) groups excluding carboxylic acids is 1. The quantitative estimate of drug-likeness (QED) is 0.640. The van der Waals surface area contributed by atoms with Crippen LogP contribution in [0.4, 0.5) is 15.8 Å². The molecule has 5 nitrogen and oxygen atoms in total. The molecule has 2 rings (SSSR count). The third kappa shape index (κ3) is 3.56. The lowest BCUT2D eigenvalue weighted by molar-refractivity contribution is -0.384. The maximum absolute atomic E-state index is 13.2. The summed E-state index contributed by atoms with van der Waals surface area (Å²) < 4.78 is 13.6. The smallest absolute Gasteiger partial charge is 0.288 e. The number of hydrogen-bond donors (Lipinski definition) is 1. The van der Waals surface area contributed by atoms with Gasteiger partial charge in [0.1, 0.15) is 10.8 Å². The van der Waals surface area contributed by atoms with Crippen molar-refractivity contribution in [2.45, 2.75) is 0 Å². The lowest BCUT2D eigenvalue weighted by Gasteiger charge is -2.07. The first-order valence-corrected chi connectivity index (χ1v) is 6.76. The molecule has 108 valence electrons. The van der Waals surface area contributed by atoms with E-state index in [0.717, 1.165) is 6.07 Å². The van der Waals surface area contributed by atoms with Gasteiger partial charge in [-0.15, -0.1) is 0 Å². The van der Waals surface area contributed by atoms with Crippen molar-refractivity contribution in [2.24, 2.45) is 0 Å². The van der Waals surface area contributed by atoms with Crippen LogP contribution < -0.4 is 5.32 Å². The normalized spacial score (nSPS) is 10.2. The van der Waals surface area contributed by atoms with Crippen LogP contribution in [0, 0.1) is 15.9 Å². The van der Waals surface area contributed by atoms with Gasteiger partial charge in [-0.1, -0.05) is 11.6 Å². The average Bonchev–Trinajstić information content (AvgIpc) is 2.41. The van der Waals surface area contributed by atoms with Gasteiger partial charge in [0, 0.05) is 16.2 Å². The maximum Gasteiger partial charge on any atom is 0.288 e. The van der Waals surface area contributed by atoms with Gasteiger partial charge in [0.2, 0.25) is 0 Å². The van der Waals surface area contributed by atoms with E-state index in [1.54, 1.807) is 0 Å². The lowest BCUT2D eigenvalue weighted by Crippen LogP contribution is -2.13. The Morgan fingerprint density at radius 2 is 2.00 bits per heavy atom. The predicted molar refractivity (Wildman–Crippen MR) is 80.2 cm³/mol. The van der Waals surface area contributed by atoms with Crippen molar-refractivity contribution in [3.8, 4) is 0 Å². The number of nitrogens with one attached hydrogen (secondary N) is 1. The summed E-state index contributed by atoms with van der Waals surface area (Å²) in [6.45, 7) is 0.